The molecule has 0 unspecified atom stereocenters. The predicted octanol–water partition coefficient (Wildman–Crippen LogP) is 0.859. The van der Waals surface area contributed by atoms with Crippen molar-refractivity contribution >= 4 is 11.6 Å². The van der Waals surface area contributed by atoms with Crippen LogP contribution in [0.3, 0.4) is 0 Å². The van der Waals surface area contributed by atoms with Crippen molar-refractivity contribution < 1.29 is 4.79 Å². The Labute approximate surface area is 132 Å². The lowest BCUT2D eigenvalue weighted by molar-refractivity contribution is 0.0787. The second-order valence-electron chi connectivity index (χ2n) is 6.48. The van der Waals surface area contributed by atoms with Gasteiger partial charge in [-0.15, -0.1) is 0 Å². The van der Waals surface area contributed by atoms with Gasteiger partial charge in [-0.1, -0.05) is 0 Å². The predicted molar refractivity (Wildman–Crippen MR) is 89.2 cm³/mol. The number of piperazine rings is 1. The zero-order chi connectivity index (χ0) is 15.5. The molecule has 3 rings (SSSR count). The van der Waals surface area contributed by atoms with E-state index >= 15 is 0 Å². The number of hydrogen-bond donors (Lipinski definition) is 1. The molecule has 2 aliphatic heterocycles. The summed E-state index contributed by atoms with van der Waals surface area (Å²) in [7, 11) is 2.16. The number of hydrogen-bond acceptors (Lipinski definition) is 4. The zero-order valence-corrected chi connectivity index (χ0v) is 13.4. The maximum absolute atomic E-state index is 12.5. The fraction of sp³-hybridized carbons (Fsp3) is 0.588. The normalized spacial score (nSPS) is 23.1. The van der Waals surface area contributed by atoms with Gasteiger partial charge in [0.1, 0.15) is 0 Å². The van der Waals surface area contributed by atoms with Gasteiger partial charge in [0.05, 0.1) is 0 Å². The van der Waals surface area contributed by atoms with Crippen LogP contribution < -0.4 is 10.6 Å². The molecule has 2 aliphatic rings. The second-order valence-corrected chi connectivity index (χ2v) is 6.48. The third kappa shape index (κ3) is 3.25. The number of nitrogens with zero attached hydrogens (tertiary/aromatic N) is 3. The highest BCUT2D eigenvalue weighted by molar-refractivity contribution is 5.94. The molecule has 1 aromatic carbocycles. The third-order valence-electron chi connectivity index (χ3n) is 4.89. The third-order valence-corrected chi connectivity index (χ3v) is 4.89. The Morgan fingerprint density at radius 1 is 1.14 bits per heavy atom. The fourth-order valence-corrected chi connectivity index (χ4v) is 3.27. The molecule has 1 atom stereocenters. The summed E-state index contributed by atoms with van der Waals surface area (Å²) in [6, 6.07) is 8.08. The molecule has 5 nitrogen and oxygen atoms in total. The van der Waals surface area contributed by atoms with Crippen molar-refractivity contribution in [2.75, 3.05) is 57.8 Å². The van der Waals surface area contributed by atoms with Crippen LogP contribution in [-0.4, -0.2) is 68.6 Å². The quantitative estimate of drug-likeness (QED) is 0.900. The lowest BCUT2D eigenvalue weighted by Crippen LogP contribution is -2.44. The van der Waals surface area contributed by atoms with Crippen molar-refractivity contribution in [3.05, 3.63) is 29.8 Å². The number of carbonyl (C=O) groups excluding carboxylic acids is 1. The number of amides is 1. The van der Waals surface area contributed by atoms with Gasteiger partial charge in [-0.25, -0.2) is 0 Å². The Morgan fingerprint density at radius 2 is 1.82 bits per heavy atom. The summed E-state index contributed by atoms with van der Waals surface area (Å²) >= 11 is 0. The van der Waals surface area contributed by atoms with Crippen molar-refractivity contribution in [1.82, 2.24) is 9.80 Å². The van der Waals surface area contributed by atoms with Gasteiger partial charge in [0.2, 0.25) is 0 Å². The molecule has 5 heteroatoms. The van der Waals surface area contributed by atoms with Crippen LogP contribution in [0.4, 0.5) is 5.69 Å². The minimum atomic E-state index is 0.140. The highest BCUT2D eigenvalue weighted by Crippen LogP contribution is 2.21. The van der Waals surface area contributed by atoms with E-state index in [-0.39, 0.29) is 5.91 Å². The van der Waals surface area contributed by atoms with Crippen molar-refractivity contribution in [3.63, 3.8) is 0 Å². The Bertz CT molecular complexity index is 508. The molecule has 0 spiro atoms. The van der Waals surface area contributed by atoms with Crippen molar-refractivity contribution in [3.8, 4) is 0 Å². The first-order valence-electron chi connectivity index (χ1n) is 8.20. The zero-order valence-electron chi connectivity index (χ0n) is 13.4. The first-order chi connectivity index (χ1) is 10.7. The highest BCUT2D eigenvalue weighted by atomic mass is 16.2. The first kappa shape index (κ1) is 15.3. The molecule has 0 bridgehead atoms. The molecule has 0 aliphatic carbocycles. The molecule has 120 valence electrons. The topological polar surface area (TPSA) is 52.8 Å². The van der Waals surface area contributed by atoms with Gasteiger partial charge in [-0.2, -0.15) is 0 Å². The minimum absolute atomic E-state index is 0.140. The monoisotopic (exact) mass is 302 g/mol. The van der Waals surface area contributed by atoms with Crippen LogP contribution in [0.15, 0.2) is 24.3 Å². The van der Waals surface area contributed by atoms with E-state index in [1.54, 1.807) is 0 Å². The van der Waals surface area contributed by atoms with Crippen LogP contribution in [0.25, 0.3) is 0 Å². The maximum atomic E-state index is 12.5. The first-order valence-corrected chi connectivity index (χ1v) is 8.20. The lowest BCUT2D eigenvalue weighted by atomic mass is 10.1. The van der Waals surface area contributed by atoms with Crippen LogP contribution >= 0.6 is 0 Å². The van der Waals surface area contributed by atoms with Crippen LogP contribution in [0.2, 0.25) is 0 Å². The number of likely N-dealkylation sites (N-methyl/N-ethyl adjacent to an activating group) is 1. The van der Waals surface area contributed by atoms with E-state index in [9.17, 15) is 4.79 Å². The van der Waals surface area contributed by atoms with Gasteiger partial charge in [0.25, 0.3) is 5.91 Å². The molecule has 2 fully saturated rings. The summed E-state index contributed by atoms with van der Waals surface area (Å²) in [6.45, 7) is 6.59. The average Bonchev–Trinajstić information content (AvgIpc) is 3.04. The van der Waals surface area contributed by atoms with Crippen LogP contribution in [0, 0.1) is 5.92 Å². The van der Waals surface area contributed by atoms with E-state index in [4.69, 9.17) is 5.73 Å². The summed E-state index contributed by atoms with van der Waals surface area (Å²) in [5.74, 6) is 0.606. The van der Waals surface area contributed by atoms with Gasteiger partial charge in [0.15, 0.2) is 0 Å². The summed E-state index contributed by atoms with van der Waals surface area (Å²) < 4.78 is 0. The standard InChI is InChI=1S/C17H26N4O/c1-19-8-10-20(11-9-19)16-4-2-15(3-5-16)17(22)21-7-6-14(12-18)13-21/h2-5,14H,6-13,18H2,1H3/t14-/m0/s1. The van der Waals surface area contributed by atoms with Crippen LogP contribution in [0.1, 0.15) is 16.8 Å². The molecular formula is C17H26N4O. The van der Waals surface area contributed by atoms with E-state index in [1.807, 2.05) is 17.0 Å². The molecule has 0 radical (unpaired) electrons. The molecule has 1 aromatic rings. The SMILES string of the molecule is CN1CCN(c2ccc(C(=O)N3CC[C@@H](CN)C3)cc2)CC1. The number of carbonyl (C=O) groups is 1. The van der Waals surface area contributed by atoms with E-state index < -0.39 is 0 Å². The summed E-state index contributed by atoms with van der Waals surface area (Å²) in [5.41, 5.74) is 7.70. The smallest absolute Gasteiger partial charge is 0.253 e. The number of likely N-dealkylation sites (tertiary alicyclic amines) is 1. The van der Waals surface area contributed by atoms with Crippen molar-refractivity contribution in [1.29, 1.82) is 0 Å². The largest absolute Gasteiger partial charge is 0.369 e. The molecule has 1 amide bonds. The average molecular weight is 302 g/mol. The molecular weight excluding hydrogens is 276 g/mol. The summed E-state index contributed by atoms with van der Waals surface area (Å²) in [4.78, 5) is 19.2. The molecule has 22 heavy (non-hydrogen) atoms. The maximum Gasteiger partial charge on any atom is 0.253 e. The Kier molecular flexibility index (Phi) is 4.64. The lowest BCUT2D eigenvalue weighted by Gasteiger charge is -2.34. The Balaban J connectivity index is 1.63. The van der Waals surface area contributed by atoms with Gasteiger partial charge in [-0.05, 0) is 50.2 Å². The van der Waals surface area contributed by atoms with Gasteiger partial charge < -0.3 is 20.4 Å². The molecule has 2 saturated heterocycles. The molecule has 2 N–H and O–H groups in total. The number of benzene rings is 1. The van der Waals surface area contributed by atoms with Crippen molar-refractivity contribution in [2.45, 2.75) is 6.42 Å². The van der Waals surface area contributed by atoms with E-state index in [0.717, 1.165) is 51.3 Å². The summed E-state index contributed by atoms with van der Waals surface area (Å²) in [6.07, 6.45) is 1.03. The van der Waals surface area contributed by atoms with E-state index in [1.165, 1.54) is 5.69 Å². The fourth-order valence-electron chi connectivity index (χ4n) is 3.27. The van der Waals surface area contributed by atoms with Gasteiger partial charge in [0, 0.05) is 50.5 Å². The van der Waals surface area contributed by atoms with Gasteiger partial charge >= 0.3 is 0 Å². The van der Waals surface area contributed by atoms with Crippen LogP contribution in [-0.2, 0) is 0 Å². The number of anilines is 1. The molecule has 0 aromatic heterocycles. The van der Waals surface area contributed by atoms with E-state index in [2.05, 4.69) is 29.0 Å². The molecule has 2 heterocycles. The second kappa shape index (κ2) is 6.67. The summed E-state index contributed by atoms with van der Waals surface area (Å²) in [5, 5.41) is 0. The minimum Gasteiger partial charge on any atom is -0.369 e. The van der Waals surface area contributed by atoms with Gasteiger partial charge in [-0.3, -0.25) is 4.79 Å². The number of nitrogens with two attached hydrogens (primary N) is 1. The molecule has 0 saturated carbocycles. The Morgan fingerprint density at radius 3 is 2.41 bits per heavy atom. The Hall–Kier alpha value is -1.59. The highest BCUT2D eigenvalue weighted by Gasteiger charge is 2.26. The number of rotatable bonds is 3. The van der Waals surface area contributed by atoms with Crippen molar-refractivity contribution in [2.24, 2.45) is 11.7 Å². The van der Waals surface area contributed by atoms with E-state index in [0.29, 0.717) is 12.5 Å². The van der Waals surface area contributed by atoms with Crippen LogP contribution in [0.5, 0.6) is 0 Å².